The molecular formula is C20H23NO5. The van der Waals surface area contributed by atoms with Crippen molar-refractivity contribution in [2.24, 2.45) is 0 Å². The van der Waals surface area contributed by atoms with E-state index in [1.165, 1.54) is 0 Å². The lowest BCUT2D eigenvalue weighted by Crippen LogP contribution is -2.32. The monoisotopic (exact) mass is 357 g/mol. The zero-order valence-electron chi connectivity index (χ0n) is 15.2. The summed E-state index contributed by atoms with van der Waals surface area (Å²) in [7, 11) is 3.15. The quantitative estimate of drug-likeness (QED) is 0.735. The van der Waals surface area contributed by atoms with Crippen molar-refractivity contribution in [1.29, 1.82) is 0 Å². The molecule has 1 unspecified atom stereocenters. The van der Waals surface area contributed by atoms with Crippen LogP contribution < -0.4 is 14.8 Å². The van der Waals surface area contributed by atoms with E-state index >= 15 is 0 Å². The van der Waals surface area contributed by atoms with Crippen molar-refractivity contribution in [2.45, 2.75) is 25.9 Å². The third-order valence-corrected chi connectivity index (χ3v) is 3.80. The lowest BCUT2D eigenvalue weighted by Gasteiger charge is -2.16. The summed E-state index contributed by atoms with van der Waals surface area (Å²) in [5.41, 5.74) is 1.40. The molecule has 0 aliphatic rings. The first-order chi connectivity index (χ1) is 12.5. The lowest BCUT2D eigenvalue weighted by molar-refractivity contribution is -0.153. The van der Waals surface area contributed by atoms with Gasteiger partial charge in [0.2, 0.25) is 0 Å². The Bertz CT molecular complexity index is 725. The molecule has 26 heavy (non-hydrogen) atoms. The molecule has 6 nitrogen and oxygen atoms in total. The average molecular weight is 357 g/mol. The van der Waals surface area contributed by atoms with Crippen LogP contribution in [0.5, 0.6) is 11.5 Å². The first-order valence-corrected chi connectivity index (χ1v) is 8.33. The molecule has 0 saturated carbocycles. The number of rotatable bonds is 8. The normalized spacial score (nSPS) is 11.3. The Morgan fingerprint density at radius 2 is 1.46 bits per heavy atom. The Kier molecular flexibility index (Phi) is 7.02. The van der Waals surface area contributed by atoms with Crippen molar-refractivity contribution >= 4 is 17.6 Å². The van der Waals surface area contributed by atoms with Gasteiger partial charge in [-0.05, 0) is 48.4 Å². The van der Waals surface area contributed by atoms with Crippen LogP contribution in [-0.4, -0.2) is 32.2 Å². The van der Waals surface area contributed by atoms with Crippen LogP contribution in [0, 0.1) is 0 Å². The Hall–Kier alpha value is -3.02. The van der Waals surface area contributed by atoms with Crippen LogP contribution in [0.2, 0.25) is 0 Å². The third-order valence-electron chi connectivity index (χ3n) is 3.80. The number of amides is 1. The number of benzene rings is 2. The largest absolute Gasteiger partial charge is 0.497 e. The average Bonchev–Trinajstić information content (AvgIpc) is 2.67. The number of hydrogen-bond donors (Lipinski definition) is 1. The summed E-state index contributed by atoms with van der Waals surface area (Å²) >= 11 is 0. The summed E-state index contributed by atoms with van der Waals surface area (Å²) in [4.78, 5) is 24.5. The van der Waals surface area contributed by atoms with Gasteiger partial charge < -0.3 is 19.5 Å². The second-order valence-corrected chi connectivity index (χ2v) is 5.63. The minimum atomic E-state index is -0.845. The number of methoxy groups -OCH3 is 2. The highest BCUT2D eigenvalue weighted by Crippen LogP contribution is 2.16. The van der Waals surface area contributed by atoms with Crippen LogP contribution in [0.4, 0.5) is 5.69 Å². The number of anilines is 1. The van der Waals surface area contributed by atoms with Gasteiger partial charge in [0.1, 0.15) is 11.5 Å². The molecule has 2 rings (SSSR count). The molecule has 1 atom stereocenters. The van der Waals surface area contributed by atoms with Crippen LogP contribution >= 0.6 is 0 Å². The van der Waals surface area contributed by atoms with Crippen molar-refractivity contribution in [3.63, 3.8) is 0 Å². The predicted octanol–water partition coefficient (Wildman–Crippen LogP) is 3.21. The van der Waals surface area contributed by atoms with Crippen LogP contribution in [0.3, 0.4) is 0 Å². The highest BCUT2D eigenvalue weighted by molar-refractivity contribution is 5.95. The van der Waals surface area contributed by atoms with E-state index in [9.17, 15) is 9.59 Å². The van der Waals surface area contributed by atoms with E-state index in [0.29, 0.717) is 23.6 Å². The maximum atomic E-state index is 12.3. The molecule has 1 N–H and O–H groups in total. The maximum Gasteiger partial charge on any atom is 0.311 e. The van der Waals surface area contributed by atoms with Crippen LogP contribution in [0.15, 0.2) is 48.5 Å². The molecule has 0 aliphatic carbocycles. The van der Waals surface area contributed by atoms with Gasteiger partial charge in [0.15, 0.2) is 6.10 Å². The van der Waals surface area contributed by atoms with Gasteiger partial charge >= 0.3 is 5.97 Å². The number of esters is 1. The molecule has 0 aromatic heterocycles. The Morgan fingerprint density at radius 1 is 0.923 bits per heavy atom. The molecule has 6 heteroatoms. The highest BCUT2D eigenvalue weighted by Gasteiger charge is 2.21. The number of ether oxygens (including phenoxy) is 3. The summed E-state index contributed by atoms with van der Waals surface area (Å²) in [5.74, 6) is 0.598. The highest BCUT2D eigenvalue weighted by atomic mass is 16.5. The minimum absolute atomic E-state index is 0.0936. The van der Waals surface area contributed by atoms with Crippen LogP contribution in [-0.2, 0) is 20.7 Å². The fourth-order valence-electron chi connectivity index (χ4n) is 2.33. The van der Waals surface area contributed by atoms with Gasteiger partial charge in [-0.2, -0.15) is 0 Å². The molecule has 0 saturated heterocycles. The Balaban J connectivity index is 1.91. The molecule has 0 heterocycles. The molecule has 0 fully saturated rings. The van der Waals surface area contributed by atoms with E-state index in [1.807, 2.05) is 0 Å². The van der Waals surface area contributed by atoms with Crippen molar-refractivity contribution in [3.8, 4) is 11.5 Å². The van der Waals surface area contributed by atoms with Gasteiger partial charge in [-0.1, -0.05) is 19.1 Å². The number of nitrogens with one attached hydrogen (secondary N) is 1. The van der Waals surface area contributed by atoms with Gasteiger partial charge in [-0.15, -0.1) is 0 Å². The van der Waals surface area contributed by atoms with Gasteiger partial charge in [-0.25, -0.2) is 0 Å². The molecule has 1 amide bonds. The molecule has 0 radical (unpaired) electrons. The van der Waals surface area contributed by atoms with Crippen molar-refractivity contribution in [1.82, 2.24) is 0 Å². The Morgan fingerprint density at radius 3 is 1.96 bits per heavy atom. The first-order valence-electron chi connectivity index (χ1n) is 8.33. The molecular weight excluding hydrogens is 334 g/mol. The molecule has 138 valence electrons. The molecule has 0 aliphatic heterocycles. The number of carbonyl (C=O) groups excluding carboxylic acids is 2. The first kappa shape index (κ1) is 19.3. The fraction of sp³-hybridized carbons (Fsp3) is 0.300. The third kappa shape index (κ3) is 5.51. The second-order valence-electron chi connectivity index (χ2n) is 5.63. The van der Waals surface area contributed by atoms with E-state index in [2.05, 4.69) is 5.32 Å². The van der Waals surface area contributed by atoms with Gasteiger partial charge in [0, 0.05) is 5.69 Å². The molecule has 2 aromatic carbocycles. The molecule has 2 aromatic rings. The topological polar surface area (TPSA) is 73.9 Å². The van der Waals surface area contributed by atoms with Crippen molar-refractivity contribution < 1.29 is 23.8 Å². The van der Waals surface area contributed by atoms with E-state index in [1.54, 1.807) is 69.7 Å². The van der Waals surface area contributed by atoms with Crippen LogP contribution in [0.1, 0.15) is 18.9 Å². The summed E-state index contributed by atoms with van der Waals surface area (Å²) in [6.07, 6.45) is -0.366. The standard InChI is InChI=1S/C20H23NO5/c1-4-18(20(23)21-15-7-11-17(25-3)12-8-15)26-19(22)13-14-5-9-16(24-2)10-6-14/h5-12,18H,4,13H2,1-3H3,(H,21,23). The number of hydrogen-bond acceptors (Lipinski definition) is 5. The smallest absolute Gasteiger partial charge is 0.311 e. The SMILES string of the molecule is CCC(OC(=O)Cc1ccc(OC)cc1)C(=O)Nc1ccc(OC)cc1. The van der Waals surface area contributed by atoms with E-state index in [0.717, 1.165) is 5.56 Å². The maximum absolute atomic E-state index is 12.3. The minimum Gasteiger partial charge on any atom is -0.497 e. The van der Waals surface area contributed by atoms with Gasteiger partial charge in [0.05, 0.1) is 20.6 Å². The summed E-state index contributed by atoms with van der Waals surface area (Å²) in [6.45, 7) is 1.79. The van der Waals surface area contributed by atoms with Crippen molar-refractivity contribution in [3.05, 3.63) is 54.1 Å². The number of carbonyl (C=O) groups is 2. The van der Waals surface area contributed by atoms with Crippen LogP contribution in [0.25, 0.3) is 0 Å². The molecule has 0 spiro atoms. The summed E-state index contributed by atoms with van der Waals surface area (Å²) in [5, 5.41) is 2.74. The molecule has 0 bridgehead atoms. The van der Waals surface area contributed by atoms with E-state index < -0.39 is 12.1 Å². The van der Waals surface area contributed by atoms with E-state index in [4.69, 9.17) is 14.2 Å². The Labute approximate surface area is 153 Å². The zero-order chi connectivity index (χ0) is 18.9. The van der Waals surface area contributed by atoms with Gasteiger partial charge in [0.25, 0.3) is 5.91 Å². The predicted molar refractivity (Wildman–Crippen MR) is 98.5 cm³/mol. The summed E-state index contributed by atoms with van der Waals surface area (Å²) in [6, 6.07) is 14.1. The summed E-state index contributed by atoms with van der Waals surface area (Å²) < 4.78 is 15.5. The van der Waals surface area contributed by atoms with Crippen molar-refractivity contribution in [2.75, 3.05) is 19.5 Å². The zero-order valence-corrected chi connectivity index (χ0v) is 15.2. The van der Waals surface area contributed by atoms with Gasteiger partial charge in [-0.3, -0.25) is 9.59 Å². The fourth-order valence-corrected chi connectivity index (χ4v) is 2.33. The second kappa shape index (κ2) is 9.46. The lowest BCUT2D eigenvalue weighted by atomic mass is 10.1. The van der Waals surface area contributed by atoms with E-state index in [-0.39, 0.29) is 12.3 Å².